The molecule has 0 bridgehead atoms. The average molecular weight is 332 g/mol. The fourth-order valence-electron chi connectivity index (χ4n) is 1.82. The van der Waals surface area contributed by atoms with Crippen LogP contribution in [0.2, 0.25) is 0 Å². The van der Waals surface area contributed by atoms with Crippen molar-refractivity contribution in [1.82, 2.24) is 10.4 Å². The molecule has 3 nitrogen and oxygen atoms in total. The van der Waals surface area contributed by atoms with Crippen LogP contribution in [0.25, 0.3) is 0 Å². The Morgan fingerprint density at radius 3 is 1.81 bits per heavy atom. The molecule has 0 aliphatic heterocycles. The number of alkyl halides is 10. The van der Waals surface area contributed by atoms with Crippen molar-refractivity contribution in [1.29, 1.82) is 0 Å². The molecule has 0 spiro atoms. The van der Waals surface area contributed by atoms with Crippen molar-refractivity contribution in [2.45, 2.75) is 35.5 Å². The van der Waals surface area contributed by atoms with Crippen molar-refractivity contribution in [2.75, 3.05) is 0 Å². The zero-order valence-corrected chi connectivity index (χ0v) is 9.24. The first-order chi connectivity index (χ1) is 9.26. The summed E-state index contributed by atoms with van der Waals surface area (Å²) in [4.78, 5) is 0. The Morgan fingerprint density at radius 1 is 0.857 bits per heavy atom. The van der Waals surface area contributed by atoms with E-state index in [1.807, 2.05) is 0 Å². The lowest BCUT2D eigenvalue weighted by Gasteiger charge is -2.49. The summed E-state index contributed by atoms with van der Waals surface area (Å²) in [5, 5.41) is 4.65. The number of nitrogens with zero attached hydrogens (tertiary/aromatic N) is 2. The molecular weight excluding hydrogens is 330 g/mol. The van der Waals surface area contributed by atoms with Gasteiger partial charge in [0.05, 0.1) is 0 Å². The Balaban J connectivity index is 2.79. The SMILES string of the molecule is FC1C(F)(F)C(F)(F)C(F)(F)C(F)(F)C1(F)c1conn1. The molecule has 1 fully saturated rings. The average Bonchev–Trinajstić information content (AvgIpc) is 2.88. The molecule has 2 rings (SSSR count). The smallest absolute Gasteiger partial charge is 0.345 e. The highest BCUT2D eigenvalue weighted by molar-refractivity contribution is 5.29. The summed E-state index contributed by atoms with van der Waals surface area (Å²) in [5.41, 5.74) is -7.67. The van der Waals surface area contributed by atoms with Gasteiger partial charge in [-0.3, -0.25) is 0 Å². The van der Waals surface area contributed by atoms with E-state index < -0.39 is 41.2 Å². The molecule has 2 atom stereocenters. The van der Waals surface area contributed by atoms with Gasteiger partial charge in [-0.25, -0.2) is 8.78 Å². The molecular formula is C8H2F10N2O. The Labute approximate surface area is 107 Å². The van der Waals surface area contributed by atoms with Crippen LogP contribution in [0.15, 0.2) is 10.8 Å². The summed E-state index contributed by atoms with van der Waals surface area (Å²) in [6, 6.07) is 0. The summed E-state index contributed by atoms with van der Waals surface area (Å²) >= 11 is 0. The predicted molar refractivity (Wildman–Crippen MR) is 41.8 cm³/mol. The Morgan fingerprint density at radius 2 is 1.38 bits per heavy atom. The zero-order chi connectivity index (χ0) is 16.5. The Bertz CT molecular complexity index is 543. The van der Waals surface area contributed by atoms with Gasteiger partial charge in [-0.2, -0.15) is 35.1 Å². The maximum absolute atomic E-state index is 14.1. The van der Waals surface area contributed by atoms with E-state index in [1.54, 1.807) is 0 Å². The summed E-state index contributed by atoms with van der Waals surface area (Å²) in [6.45, 7) is 0. The standard InChI is InChI=1S/C8H2F10N2O/c9-3-4(10,2-1-21-20-19-2)6(13,14)8(17,18)7(15,16)5(3,11)12/h1,3H. The van der Waals surface area contributed by atoms with Gasteiger partial charge in [0.1, 0.15) is 0 Å². The number of rotatable bonds is 1. The third-order valence-electron chi connectivity index (χ3n) is 3.06. The van der Waals surface area contributed by atoms with Gasteiger partial charge >= 0.3 is 23.7 Å². The maximum atomic E-state index is 14.1. The summed E-state index contributed by atoms with van der Waals surface area (Å²) in [5.74, 6) is -26.7. The minimum absolute atomic E-state index is 0.268. The lowest BCUT2D eigenvalue weighted by molar-refractivity contribution is -0.446. The van der Waals surface area contributed by atoms with Crippen molar-refractivity contribution < 1.29 is 48.4 Å². The first-order valence-electron chi connectivity index (χ1n) is 4.88. The molecule has 2 unspecified atom stereocenters. The molecule has 1 aromatic heterocycles. The van der Waals surface area contributed by atoms with Crippen LogP contribution in [0.5, 0.6) is 0 Å². The lowest BCUT2D eigenvalue weighted by atomic mass is 9.72. The number of hydrogen-bond acceptors (Lipinski definition) is 3. The van der Waals surface area contributed by atoms with E-state index >= 15 is 0 Å². The second-order valence-corrected chi connectivity index (χ2v) is 4.21. The van der Waals surface area contributed by atoms with Crippen molar-refractivity contribution in [3.63, 3.8) is 0 Å². The topological polar surface area (TPSA) is 38.9 Å². The van der Waals surface area contributed by atoms with Crippen LogP contribution in [0.3, 0.4) is 0 Å². The molecule has 0 amide bonds. The normalized spacial score (nSPS) is 36.4. The van der Waals surface area contributed by atoms with Crippen molar-refractivity contribution in [2.24, 2.45) is 0 Å². The second-order valence-electron chi connectivity index (χ2n) is 4.21. The molecule has 0 saturated heterocycles. The van der Waals surface area contributed by atoms with Crippen LogP contribution in [0.4, 0.5) is 43.9 Å². The molecule has 13 heteroatoms. The monoisotopic (exact) mass is 332 g/mol. The van der Waals surface area contributed by atoms with E-state index in [0.29, 0.717) is 0 Å². The number of halogens is 10. The molecule has 1 aromatic rings. The van der Waals surface area contributed by atoms with Gasteiger partial charge in [-0.1, -0.05) is 0 Å². The van der Waals surface area contributed by atoms with E-state index in [0.717, 1.165) is 0 Å². The molecule has 1 aliphatic carbocycles. The first kappa shape index (κ1) is 15.8. The molecule has 1 aliphatic rings. The van der Waals surface area contributed by atoms with Gasteiger partial charge in [-0.05, 0) is 0 Å². The molecule has 1 heterocycles. The summed E-state index contributed by atoms with van der Waals surface area (Å²) < 4.78 is 136. The Hall–Kier alpha value is -1.56. The van der Waals surface area contributed by atoms with E-state index in [2.05, 4.69) is 14.9 Å². The summed E-state index contributed by atoms with van der Waals surface area (Å²) in [6.07, 6.45) is -5.29. The van der Waals surface area contributed by atoms with Crippen molar-refractivity contribution >= 4 is 0 Å². The van der Waals surface area contributed by atoms with E-state index in [9.17, 15) is 43.9 Å². The van der Waals surface area contributed by atoms with Crippen molar-refractivity contribution in [3.8, 4) is 0 Å². The zero-order valence-electron chi connectivity index (χ0n) is 9.24. The third-order valence-corrected chi connectivity index (χ3v) is 3.06. The summed E-state index contributed by atoms with van der Waals surface area (Å²) in [7, 11) is 0. The highest BCUT2D eigenvalue weighted by Gasteiger charge is 2.95. The van der Waals surface area contributed by atoms with E-state index in [-0.39, 0.29) is 6.26 Å². The van der Waals surface area contributed by atoms with Crippen LogP contribution in [0, 0.1) is 0 Å². The van der Waals surface area contributed by atoms with Gasteiger partial charge in [0.25, 0.3) is 5.67 Å². The van der Waals surface area contributed by atoms with Gasteiger partial charge in [0.15, 0.2) is 12.0 Å². The molecule has 0 N–H and O–H groups in total. The van der Waals surface area contributed by atoms with Crippen molar-refractivity contribution in [3.05, 3.63) is 12.0 Å². The highest BCUT2D eigenvalue weighted by atomic mass is 19.4. The van der Waals surface area contributed by atoms with Crippen LogP contribution in [0.1, 0.15) is 5.69 Å². The first-order valence-corrected chi connectivity index (χ1v) is 4.88. The largest absolute Gasteiger partial charge is 0.382 e. The lowest BCUT2D eigenvalue weighted by Crippen LogP contribution is -2.78. The molecule has 0 aromatic carbocycles. The molecule has 120 valence electrons. The fourth-order valence-corrected chi connectivity index (χ4v) is 1.82. The predicted octanol–water partition coefficient (Wildman–Crippen LogP) is 3.13. The van der Waals surface area contributed by atoms with Gasteiger partial charge < -0.3 is 4.52 Å². The minimum atomic E-state index is -6.90. The van der Waals surface area contributed by atoms with Gasteiger partial charge in [0.2, 0.25) is 6.17 Å². The van der Waals surface area contributed by atoms with Crippen LogP contribution in [-0.2, 0) is 5.67 Å². The van der Waals surface area contributed by atoms with Crippen LogP contribution in [-0.4, -0.2) is 40.2 Å². The highest BCUT2D eigenvalue weighted by Crippen LogP contribution is 2.67. The maximum Gasteiger partial charge on any atom is 0.382 e. The van der Waals surface area contributed by atoms with Gasteiger partial charge in [-0.15, -0.1) is 5.10 Å². The van der Waals surface area contributed by atoms with E-state index in [4.69, 9.17) is 0 Å². The Kier molecular flexibility index (Phi) is 2.86. The van der Waals surface area contributed by atoms with Gasteiger partial charge in [0, 0.05) is 5.27 Å². The second kappa shape index (κ2) is 3.80. The van der Waals surface area contributed by atoms with E-state index in [1.165, 1.54) is 0 Å². The molecule has 21 heavy (non-hydrogen) atoms. The molecule has 0 radical (unpaired) electrons. The fraction of sp³-hybridized carbons (Fsp3) is 0.750. The van der Waals surface area contributed by atoms with Crippen LogP contribution >= 0.6 is 0 Å². The van der Waals surface area contributed by atoms with Crippen LogP contribution < -0.4 is 0 Å². The quantitative estimate of drug-likeness (QED) is 0.742. The minimum Gasteiger partial charge on any atom is -0.345 e. The number of aromatic nitrogens is 2. The molecule has 1 saturated carbocycles. The number of hydrogen-bond donors (Lipinski definition) is 0. The third kappa shape index (κ3) is 1.41.